The normalized spacial score (nSPS) is 12.0. The fraction of sp³-hybridized carbons (Fsp3) is 0.333. The monoisotopic (exact) mass is 428 g/mol. The minimum Gasteiger partial charge on any atom is -0.465 e. The molecule has 0 bridgehead atoms. The van der Waals surface area contributed by atoms with Gasteiger partial charge in [-0.2, -0.15) is 0 Å². The molecule has 9 heteroatoms. The molecule has 0 radical (unpaired) electrons. The molecule has 1 amide bonds. The number of anilines is 1. The van der Waals surface area contributed by atoms with Gasteiger partial charge in [0.05, 0.1) is 23.9 Å². The lowest BCUT2D eigenvalue weighted by molar-refractivity contribution is -0.113. The van der Waals surface area contributed by atoms with Crippen LogP contribution < -0.4 is 10.9 Å². The van der Waals surface area contributed by atoms with Crippen molar-refractivity contribution >= 4 is 40.4 Å². The van der Waals surface area contributed by atoms with Gasteiger partial charge in [-0.3, -0.25) is 14.2 Å². The summed E-state index contributed by atoms with van der Waals surface area (Å²) < 4.78 is 6.30. The summed E-state index contributed by atoms with van der Waals surface area (Å²) in [5.74, 6) is -0.578. The molecule has 30 heavy (non-hydrogen) atoms. The van der Waals surface area contributed by atoms with Gasteiger partial charge in [0.1, 0.15) is 5.52 Å². The van der Waals surface area contributed by atoms with E-state index in [1.165, 1.54) is 18.9 Å². The molecular weight excluding hydrogens is 404 g/mol. The number of nitrogens with one attached hydrogen (secondary N) is 2. The molecule has 2 N–H and O–H groups in total. The van der Waals surface area contributed by atoms with Crippen LogP contribution in [0.2, 0.25) is 0 Å². The summed E-state index contributed by atoms with van der Waals surface area (Å²) >= 11 is 1.22. The molecule has 2 aromatic heterocycles. The lowest BCUT2D eigenvalue weighted by Gasteiger charge is -2.17. The molecule has 1 aromatic carbocycles. The van der Waals surface area contributed by atoms with Crippen molar-refractivity contribution < 1.29 is 14.3 Å². The van der Waals surface area contributed by atoms with Crippen molar-refractivity contribution in [1.29, 1.82) is 0 Å². The van der Waals surface area contributed by atoms with Crippen molar-refractivity contribution in [1.82, 2.24) is 14.5 Å². The Hall–Kier alpha value is -3.07. The van der Waals surface area contributed by atoms with Crippen molar-refractivity contribution in [3.05, 3.63) is 51.9 Å². The van der Waals surface area contributed by atoms with Gasteiger partial charge in [-0.15, -0.1) is 0 Å². The minimum absolute atomic E-state index is 0.0468. The quantitative estimate of drug-likeness (QED) is 0.339. The second kappa shape index (κ2) is 9.17. The lowest BCUT2D eigenvalue weighted by Crippen LogP contribution is -2.26. The first-order valence-electron chi connectivity index (χ1n) is 9.57. The van der Waals surface area contributed by atoms with Gasteiger partial charge < -0.3 is 15.0 Å². The van der Waals surface area contributed by atoms with E-state index in [0.29, 0.717) is 27.4 Å². The maximum absolute atomic E-state index is 13.0. The van der Waals surface area contributed by atoms with Crippen LogP contribution in [-0.2, 0) is 9.53 Å². The summed E-state index contributed by atoms with van der Waals surface area (Å²) in [5, 5.41) is 3.29. The first-order chi connectivity index (χ1) is 14.3. The van der Waals surface area contributed by atoms with Gasteiger partial charge in [0.2, 0.25) is 5.91 Å². The van der Waals surface area contributed by atoms with E-state index in [-0.39, 0.29) is 23.3 Å². The number of nitrogens with zero attached hydrogens (tertiary/aromatic N) is 2. The number of amides is 1. The highest BCUT2D eigenvalue weighted by Crippen LogP contribution is 2.23. The number of esters is 1. The Labute approximate surface area is 178 Å². The number of carbonyl (C=O) groups excluding carboxylic acids is 2. The number of aryl methyl sites for hydroxylation is 1. The number of thioether (sulfide) groups is 1. The average molecular weight is 429 g/mol. The summed E-state index contributed by atoms with van der Waals surface area (Å²) in [6.07, 6.45) is 0.763. The SMILES string of the molecule is CCC(C)n1c(SCC(=O)Nc2ccc(C(=O)OC)cc2)nc2cc(C)[nH]c2c1=O. The topological polar surface area (TPSA) is 106 Å². The Bertz CT molecular complexity index is 1130. The molecule has 0 saturated carbocycles. The Morgan fingerprint density at radius 1 is 1.30 bits per heavy atom. The summed E-state index contributed by atoms with van der Waals surface area (Å²) in [6, 6.07) is 8.21. The minimum atomic E-state index is -0.437. The maximum atomic E-state index is 13.0. The summed E-state index contributed by atoms with van der Waals surface area (Å²) in [7, 11) is 1.31. The number of fused-ring (bicyclic) bond motifs is 1. The molecule has 2 heterocycles. The summed E-state index contributed by atoms with van der Waals surface area (Å²) in [5.41, 5.74) is 2.77. The fourth-order valence-electron chi connectivity index (χ4n) is 3.00. The van der Waals surface area contributed by atoms with Gasteiger partial charge in [-0.05, 0) is 50.6 Å². The van der Waals surface area contributed by atoms with Crippen LogP contribution in [0, 0.1) is 6.92 Å². The predicted molar refractivity (Wildman–Crippen MR) is 117 cm³/mol. The van der Waals surface area contributed by atoms with E-state index < -0.39 is 5.97 Å². The number of benzene rings is 1. The molecular formula is C21H24N4O4S. The molecule has 8 nitrogen and oxygen atoms in total. The number of methoxy groups -OCH3 is 1. The van der Waals surface area contributed by atoms with E-state index in [1.807, 2.05) is 26.8 Å². The van der Waals surface area contributed by atoms with E-state index >= 15 is 0 Å². The molecule has 0 aliphatic heterocycles. The molecule has 0 aliphatic carbocycles. The molecule has 0 spiro atoms. The zero-order valence-corrected chi connectivity index (χ0v) is 18.1. The van der Waals surface area contributed by atoms with Crippen molar-refractivity contribution in [2.45, 2.75) is 38.4 Å². The van der Waals surface area contributed by atoms with Gasteiger partial charge in [0.25, 0.3) is 5.56 Å². The van der Waals surface area contributed by atoms with Crippen LogP contribution in [0.15, 0.2) is 40.3 Å². The van der Waals surface area contributed by atoms with E-state index in [0.717, 1.165) is 12.1 Å². The van der Waals surface area contributed by atoms with Crippen molar-refractivity contribution in [2.75, 3.05) is 18.2 Å². The van der Waals surface area contributed by atoms with E-state index in [1.54, 1.807) is 28.8 Å². The first kappa shape index (κ1) is 21.6. The van der Waals surface area contributed by atoms with Crippen LogP contribution in [0.3, 0.4) is 0 Å². The molecule has 0 fully saturated rings. The second-order valence-corrected chi connectivity index (χ2v) is 7.89. The fourth-order valence-corrected chi connectivity index (χ4v) is 3.89. The first-order valence-corrected chi connectivity index (χ1v) is 10.6. The van der Waals surface area contributed by atoms with Crippen LogP contribution in [0.25, 0.3) is 11.0 Å². The molecule has 1 unspecified atom stereocenters. The molecule has 1 atom stereocenters. The largest absolute Gasteiger partial charge is 0.465 e. The van der Waals surface area contributed by atoms with Crippen LogP contribution in [-0.4, -0.2) is 39.3 Å². The smallest absolute Gasteiger partial charge is 0.337 e. The van der Waals surface area contributed by atoms with E-state index in [4.69, 9.17) is 0 Å². The standard InChI is InChI=1S/C21H24N4O4S/c1-5-13(3)25-19(27)18-16(10-12(2)22-18)24-21(25)30-11-17(26)23-15-8-6-14(7-9-15)20(28)29-4/h6-10,13,22H,5,11H2,1-4H3,(H,23,26). The average Bonchev–Trinajstić information content (AvgIpc) is 3.12. The number of H-pyrrole nitrogens is 1. The predicted octanol–water partition coefficient (Wildman–Crippen LogP) is 3.52. The Morgan fingerprint density at radius 3 is 2.63 bits per heavy atom. The number of aromatic nitrogens is 3. The Kier molecular flexibility index (Phi) is 6.61. The molecule has 0 aliphatic rings. The number of carbonyl (C=O) groups is 2. The van der Waals surface area contributed by atoms with Crippen LogP contribution >= 0.6 is 11.8 Å². The highest BCUT2D eigenvalue weighted by Gasteiger charge is 2.18. The molecule has 3 rings (SSSR count). The van der Waals surface area contributed by atoms with Crippen molar-refractivity contribution in [2.24, 2.45) is 0 Å². The summed E-state index contributed by atoms with van der Waals surface area (Å²) in [4.78, 5) is 44.5. The number of aromatic amines is 1. The highest BCUT2D eigenvalue weighted by atomic mass is 32.2. The van der Waals surface area contributed by atoms with Crippen molar-refractivity contribution in [3.63, 3.8) is 0 Å². The third-order valence-electron chi connectivity index (χ3n) is 4.74. The van der Waals surface area contributed by atoms with Crippen molar-refractivity contribution in [3.8, 4) is 0 Å². The van der Waals surface area contributed by atoms with Crippen LogP contribution in [0.4, 0.5) is 5.69 Å². The highest BCUT2D eigenvalue weighted by molar-refractivity contribution is 7.99. The maximum Gasteiger partial charge on any atom is 0.337 e. The molecule has 0 saturated heterocycles. The van der Waals surface area contributed by atoms with Gasteiger partial charge in [0, 0.05) is 17.4 Å². The lowest BCUT2D eigenvalue weighted by atomic mass is 10.2. The molecule has 158 valence electrons. The molecule has 3 aromatic rings. The Morgan fingerprint density at radius 2 is 2.00 bits per heavy atom. The number of hydrogen-bond donors (Lipinski definition) is 2. The van der Waals surface area contributed by atoms with Gasteiger partial charge >= 0.3 is 5.97 Å². The van der Waals surface area contributed by atoms with Gasteiger partial charge in [0.15, 0.2) is 5.16 Å². The zero-order chi connectivity index (χ0) is 21.8. The zero-order valence-electron chi connectivity index (χ0n) is 17.3. The number of rotatable bonds is 7. The third kappa shape index (κ3) is 4.56. The van der Waals surface area contributed by atoms with E-state index in [9.17, 15) is 14.4 Å². The van der Waals surface area contributed by atoms with Crippen LogP contribution in [0.1, 0.15) is 42.4 Å². The number of ether oxygens (including phenoxy) is 1. The third-order valence-corrected chi connectivity index (χ3v) is 5.69. The van der Waals surface area contributed by atoms with Crippen LogP contribution in [0.5, 0.6) is 0 Å². The van der Waals surface area contributed by atoms with Gasteiger partial charge in [-0.25, -0.2) is 9.78 Å². The number of hydrogen-bond acceptors (Lipinski definition) is 6. The van der Waals surface area contributed by atoms with E-state index in [2.05, 4.69) is 20.0 Å². The summed E-state index contributed by atoms with van der Waals surface area (Å²) in [6.45, 7) is 5.83. The van der Waals surface area contributed by atoms with Gasteiger partial charge in [-0.1, -0.05) is 18.7 Å². The Balaban J connectivity index is 1.76. The second-order valence-electron chi connectivity index (χ2n) is 6.95.